The fourth-order valence-electron chi connectivity index (χ4n) is 4.77. The van der Waals surface area contributed by atoms with Crippen molar-refractivity contribution in [3.8, 4) is 0 Å². The third-order valence-corrected chi connectivity index (χ3v) is 7.71. The Kier molecular flexibility index (Phi) is 10.00. The highest BCUT2D eigenvalue weighted by Crippen LogP contribution is 2.42. The van der Waals surface area contributed by atoms with E-state index in [2.05, 4.69) is 49.0 Å². The number of benzene rings is 1. The molecule has 0 aliphatic heterocycles. The topological polar surface area (TPSA) is 20.2 Å². The van der Waals surface area contributed by atoms with Gasteiger partial charge in [-0.3, -0.25) is 0 Å². The summed E-state index contributed by atoms with van der Waals surface area (Å²) in [6, 6.07) is 9.09. The second-order valence-electron chi connectivity index (χ2n) is 8.32. The molecule has 2 aliphatic carbocycles. The third kappa shape index (κ3) is 6.68. The van der Waals surface area contributed by atoms with E-state index in [0.717, 1.165) is 11.7 Å². The fourth-order valence-corrected chi connectivity index (χ4v) is 6.21. The number of aliphatic hydroxyl groups excluding tert-OH is 1. The highest BCUT2D eigenvalue weighted by Gasteiger charge is 2.24. The van der Waals surface area contributed by atoms with Gasteiger partial charge in [-0.05, 0) is 62.2 Å². The summed E-state index contributed by atoms with van der Waals surface area (Å²) in [7, 11) is 0. The minimum atomic E-state index is 0. The Morgan fingerprint density at radius 1 is 1.11 bits per heavy atom. The molecular weight excluding hydrogens is 348 g/mol. The van der Waals surface area contributed by atoms with Gasteiger partial charge >= 0.3 is 0 Å². The van der Waals surface area contributed by atoms with Gasteiger partial charge in [-0.1, -0.05) is 81.0 Å². The van der Waals surface area contributed by atoms with Gasteiger partial charge in [-0.15, -0.1) is 11.8 Å². The monoisotopic (exact) mass is 388 g/mol. The van der Waals surface area contributed by atoms with Crippen LogP contribution in [-0.2, 0) is 0 Å². The number of thioether (sulfide) groups is 1. The first-order chi connectivity index (χ1) is 12.8. The van der Waals surface area contributed by atoms with Crippen molar-refractivity contribution in [3.05, 3.63) is 47.0 Å². The summed E-state index contributed by atoms with van der Waals surface area (Å²) in [5.74, 6) is 2.44. The molecule has 1 aromatic rings. The summed E-state index contributed by atoms with van der Waals surface area (Å²) < 4.78 is 0. The highest BCUT2D eigenvalue weighted by atomic mass is 32.2. The number of hydrogen-bond acceptors (Lipinski definition) is 2. The van der Waals surface area contributed by atoms with E-state index in [0.29, 0.717) is 17.8 Å². The molecule has 1 aromatic carbocycles. The molecule has 0 aromatic heterocycles. The number of aliphatic hydroxyl groups is 1. The predicted octanol–water partition coefficient (Wildman–Crippen LogP) is 7.48. The number of hydrogen-bond donors (Lipinski definition) is 1. The van der Waals surface area contributed by atoms with Crippen molar-refractivity contribution < 1.29 is 5.11 Å². The maximum atomic E-state index is 9.93. The molecule has 0 bridgehead atoms. The molecule has 2 unspecified atom stereocenters. The standard InChI is InChI=1S/C24H36OS.CH4/c1-19-9-8-14-22(17-19)24(21-12-6-3-7-13-21)26-16-15-23(18-25)20-10-4-2-5-11-20;/h8-9,12,14,17,20,23-25H,2-7,10-11,13,15-16,18H2,1H3;1H4. The van der Waals surface area contributed by atoms with Crippen molar-refractivity contribution in [2.75, 3.05) is 12.4 Å². The third-order valence-electron chi connectivity index (χ3n) is 6.33. The SMILES string of the molecule is C.Cc1cccc(C(SCCC(CO)C2CCCCC2)C2=CCCCC2)c1. The van der Waals surface area contributed by atoms with Gasteiger partial charge in [-0.2, -0.15) is 0 Å². The van der Waals surface area contributed by atoms with E-state index in [1.54, 1.807) is 5.57 Å². The van der Waals surface area contributed by atoms with Gasteiger partial charge in [0.05, 0.1) is 5.25 Å². The maximum absolute atomic E-state index is 9.93. The van der Waals surface area contributed by atoms with Crippen molar-refractivity contribution in [1.82, 2.24) is 0 Å². The van der Waals surface area contributed by atoms with E-state index in [1.807, 2.05) is 0 Å². The molecule has 1 N–H and O–H groups in total. The number of allylic oxidation sites excluding steroid dienone is 1. The van der Waals surface area contributed by atoms with Crippen molar-refractivity contribution in [2.24, 2.45) is 11.8 Å². The quantitative estimate of drug-likeness (QED) is 0.466. The lowest BCUT2D eigenvalue weighted by molar-refractivity contribution is 0.145. The maximum Gasteiger partial charge on any atom is 0.0506 e. The molecule has 3 rings (SSSR count). The molecule has 1 saturated carbocycles. The molecular formula is C25H40OS. The molecule has 2 aliphatic rings. The van der Waals surface area contributed by atoms with E-state index in [1.165, 1.54) is 75.3 Å². The van der Waals surface area contributed by atoms with Crippen molar-refractivity contribution >= 4 is 11.8 Å². The Labute approximate surface area is 172 Å². The summed E-state index contributed by atoms with van der Waals surface area (Å²) in [6.45, 7) is 2.58. The summed E-state index contributed by atoms with van der Waals surface area (Å²) in [6.07, 6.45) is 15.7. The molecule has 0 radical (unpaired) electrons. The minimum absolute atomic E-state index is 0. The van der Waals surface area contributed by atoms with Crippen LogP contribution in [0.4, 0.5) is 0 Å². The molecule has 152 valence electrons. The van der Waals surface area contributed by atoms with Gasteiger partial charge in [0.2, 0.25) is 0 Å². The van der Waals surface area contributed by atoms with Crippen LogP contribution in [0.3, 0.4) is 0 Å². The number of aryl methyl sites for hydroxylation is 1. The van der Waals surface area contributed by atoms with Crippen molar-refractivity contribution in [2.45, 2.75) is 83.8 Å². The Morgan fingerprint density at radius 3 is 2.59 bits per heavy atom. The molecule has 0 spiro atoms. The van der Waals surface area contributed by atoms with Gasteiger partial charge in [0.25, 0.3) is 0 Å². The Morgan fingerprint density at radius 2 is 1.93 bits per heavy atom. The van der Waals surface area contributed by atoms with Crippen LogP contribution in [-0.4, -0.2) is 17.5 Å². The van der Waals surface area contributed by atoms with Crippen LogP contribution < -0.4 is 0 Å². The summed E-state index contributed by atoms with van der Waals surface area (Å²) in [5, 5.41) is 10.4. The second-order valence-corrected chi connectivity index (χ2v) is 9.53. The normalized spacial score (nSPS) is 20.4. The zero-order valence-corrected chi connectivity index (χ0v) is 17.3. The molecule has 0 saturated heterocycles. The zero-order chi connectivity index (χ0) is 18.2. The average Bonchev–Trinajstić information content (AvgIpc) is 2.69. The van der Waals surface area contributed by atoms with Crippen LogP contribution in [0.2, 0.25) is 0 Å². The lowest BCUT2D eigenvalue weighted by Crippen LogP contribution is -2.22. The van der Waals surface area contributed by atoms with Gasteiger partial charge in [0.1, 0.15) is 0 Å². The van der Waals surface area contributed by atoms with Crippen molar-refractivity contribution in [1.29, 1.82) is 0 Å². The lowest BCUT2D eigenvalue weighted by atomic mass is 9.79. The van der Waals surface area contributed by atoms with Gasteiger partial charge in [0, 0.05) is 6.61 Å². The molecule has 2 heteroatoms. The van der Waals surface area contributed by atoms with Crippen LogP contribution in [0.25, 0.3) is 0 Å². The minimum Gasteiger partial charge on any atom is -0.396 e. The van der Waals surface area contributed by atoms with Crippen molar-refractivity contribution in [3.63, 3.8) is 0 Å². The second kappa shape index (κ2) is 12.0. The van der Waals surface area contributed by atoms with E-state index in [-0.39, 0.29) is 7.43 Å². The highest BCUT2D eigenvalue weighted by molar-refractivity contribution is 7.99. The molecule has 1 nitrogen and oxygen atoms in total. The Bertz CT molecular complexity index is 573. The molecule has 0 heterocycles. The first-order valence-corrected chi connectivity index (χ1v) is 11.8. The first kappa shape index (κ1) is 22.6. The molecule has 1 fully saturated rings. The van der Waals surface area contributed by atoms with E-state index < -0.39 is 0 Å². The Hall–Kier alpha value is -0.730. The van der Waals surface area contributed by atoms with Gasteiger partial charge < -0.3 is 5.11 Å². The van der Waals surface area contributed by atoms with Crippen LogP contribution in [0.15, 0.2) is 35.9 Å². The lowest BCUT2D eigenvalue weighted by Gasteiger charge is -2.30. The molecule has 27 heavy (non-hydrogen) atoms. The molecule has 2 atom stereocenters. The van der Waals surface area contributed by atoms with Crippen LogP contribution in [0.1, 0.15) is 88.0 Å². The summed E-state index contributed by atoms with van der Waals surface area (Å²) in [5.41, 5.74) is 4.48. The Balaban J connectivity index is 0.00000261. The van der Waals surface area contributed by atoms with E-state index in [9.17, 15) is 5.11 Å². The number of rotatable bonds is 8. The largest absolute Gasteiger partial charge is 0.396 e. The van der Waals surface area contributed by atoms with Gasteiger partial charge in [-0.25, -0.2) is 0 Å². The smallest absolute Gasteiger partial charge is 0.0506 e. The zero-order valence-electron chi connectivity index (χ0n) is 16.5. The fraction of sp³-hybridized carbons (Fsp3) is 0.680. The first-order valence-electron chi connectivity index (χ1n) is 10.8. The van der Waals surface area contributed by atoms with E-state index >= 15 is 0 Å². The summed E-state index contributed by atoms with van der Waals surface area (Å²) >= 11 is 2.12. The van der Waals surface area contributed by atoms with E-state index in [4.69, 9.17) is 0 Å². The van der Waals surface area contributed by atoms with Gasteiger partial charge in [0.15, 0.2) is 0 Å². The molecule has 0 amide bonds. The van der Waals surface area contributed by atoms with Crippen LogP contribution in [0, 0.1) is 18.8 Å². The summed E-state index contributed by atoms with van der Waals surface area (Å²) in [4.78, 5) is 0. The van der Waals surface area contributed by atoms with Crippen LogP contribution >= 0.6 is 11.8 Å². The average molecular weight is 389 g/mol. The van der Waals surface area contributed by atoms with Crippen LogP contribution in [0.5, 0.6) is 0 Å². The predicted molar refractivity (Wildman–Crippen MR) is 121 cm³/mol.